The average Bonchev–Trinajstić information content (AvgIpc) is 2.31. The second-order valence-electron chi connectivity index (χ2n) is 3.94. The first-order valence-corrected chi connectivity index (χ1v) is 7.44. The predicted octanol–water partition coefficient (Wildman–Crippen LogP) is 3.01. The Labute approximate surface area is 115 Å². The molecule has 0 N–H and O–H groups in total. The summed E-state index contributed by atoms with van der Waals surface area (Å²) < 4.78 is 57.1. The Morgan fingerprint density at radius 3 is 2.21 bits per heavy atom. The molecule has 0 saturated carbocycles. The van der Waals surface area contributed by atoms with Crippen LogP contribution in [0, 0.1) is 23.7 Å². The summed E-state index contributed by atoms with van der Waals surface area (Å²) in [7, 11) is -4.36. The maximum Gasteiger partial charge on any atom is 0.390 e. The Kier molecular flexibility index (Phi) is 6.68. The molecule has 0 heterocycles. The normalized spacial score (nSPS) is 15.3. The van der Waals surface area contributed by atoms with Crippen molar-refractivity contribution in [2.75, 3.05) is 5.75 Å². The highest BCUT2D eigenvalue weighted by Crippen LogP contribution is 2.32. The van der Waals surface area contributed by atoms with E-state index in [1.165, 1.54) is 6.07 Å². The van der Waals surface area contributed by atoms with Gasteiger partial charge < -0.3 is 0 Å². The van der Waals surface area contributed by atoms with Gasteiger partial charge in [0.25, 0.3) is 0 Å². The molecule has 0 rings (SSSR count). The van der Waals surface area contributed by atoms with Crippen LogP contribution in [0.3, 0.4) is 0 Å². The first-order chi connectivity index (χ1) is 8.58. The van der Waals surface area contributed by atoms with Gasteiger partial charge in [0.15, 0.2) is 9.84 Å². The smallest absolute Gasteiger partial charge is 0.226 e. The summed E-state index contributed by atoms with van der Waals surface area (Å²) in [4.78, 5) is 0. The number of hydrogen-bond acceptors (Lipinski definition) is 3. The van der Waals surface area contributed by atoms with Gasteiger partial charge in [0.1, 0.15) is 6.07 Å². The van der Waals surface area contributed by atoms with Crippen LogP contribution in [0.4, 0.5) is 13.2 Å². The number of nitriles is 1. The van der Waals surface area contributed by atoms with Crippen molar-refractivity contribution in [1.29, 1.82) is 5.26 Å². The van der Waals surface area contributed by atoms with Crippen LogP contribution in [-0.2, 0) is 9.84 Å². The summed E-state index contributed by atoms with van der Waals surface area (Å²) in [6, 6.07) is 1.39. The average molecular weight is 316 g/mol. The van der Waals surface area contributed by atoms with E-state index in [0.29, 0.717) is 12.8 Å². The lowest BCUT2D eigenvalue weighted by atomic mass is 10.1. The topological polar surface area (TPSA) is 57.9 Å². The summed E-state index contributed by atoms with van der Waals surface area (Å²) in [5.74, 6) is 1.14. The number of rotatable bonds is 7. The van der Waals surface area contributed by atoms with Crippen LogP contribution in [0.2, 0.25) is 0 Å². The van der Waals surface area contributed by atoms with Gasteiger partial charge in [-0.1, -0.05) is 11.6 Å². The summed E-state index contributed by atoms with van der Waals surface area (Å²) in [5.41, 5.74) is 0. The monoisotopic (exact) mass is 315 g/mol. The molecule has 0 saturated heterocycles. The second kappa shape index (κ2) is 7.02. The Hall–Kier alpha value is -0.920. The lowest BCUT2D eigenvalue weighted by molar-refractivity contribution is -0.129. The molecular weight excluding hydrogens is 303 g/mol. The molecule has 8 heteroatoms. The lowest BCUT2D eigenvalue weighted by Gasteiger charge is -2.19. The van der Waals surface area contributed by atoms with Crippen molar-refractivity contribution in [3.05, 3.63) is 0 Å². The van der Waals surface area contributed by atoms with Crippen LogP contribution in [0.15, 0.2) is 0 Å². The fraction of sp³-hybridized carbons (Fsp3) is 0.727. The standard InChI is InChI=1S/C11H13ClF3NO2S/c1-2-3-4-5-6-10(12,9-16)19(17,18)8-7-11(13,14)15/h1H,3-8H2. The van der Waals surface area contributed by atoms with Crippen molar-refractivity contribution < 1.29 is 21.6 Å². The van der Waals surface area contributed by atoms with E-state index in [1.807, 2.05) is 0 Å². The van der Waals surface area contributed by atoms with Crippen molar-refractivity contribution in [2.24, 2.45) is 0 Å². The minimum absolute atomic E-state index is 0.243. The molecule has 0 aliphatic heterocycles. The number of sulfone groups is 1. The molecule has 0 amide bonds. The Morgan fingerprint density at radius 2 is 1.79 bits per heavy atom. The van der Waals surface area contributed by atoms with Gasteiger partial charge in [-0.05, 0) is 19.3 Å². The molecule has 0 aromatic heterocycles. The molecular formula is C11H13ClF3NO2S. The zero-order valence-electron chi connectivity index (χ0n) is 10.0. The minimum atomic E-state index is -4.61. The molecule has 0 aliphatic rings. The molecule has 0 fully saturated rings. The van der Waals surface area contributed by atoms with Crippen LogP contribution >= 0.6 is 11.6 Å². The predicted molar refractivity (Wildman–Crippen MR) is 66.0 cm³/mol. The van der Waals surface area contributed by atoms with E-state index in [4.69, 9.17) is 23.3 Å². The van der Waals surface area contributed by atoms with E-state index in [-0.39, 0.29) is 12.8 Å². The maximum absolute atomic E-state index is 12.0. The van der Waals surface area contributed by atoms with Crippen molar-refractivity contribution in [3.63, 3.8) is 0 Å². The fourth-order valence-electron chi connectivity index (χ4n) is 1.27. The van der Waals surface area contributed by atoms with Crippen LogP contribution in [-0.4, -0.2) is 24.6 Å². The largest absolute Gasteiger partial charge is 0.390 e. The number of alkyl halides is 4. The summed E-state index contributed by atoms with van der Waals surface area (Å²) >= 11 is 5.66. The molecule has 1 atom stereocenters. The molecule has 108 valence electrons. The van der Waals surface area contributed by atoms with E-state index < -0.39 is 32.4 Å². The van der Waals surface area contributed by atoms with E-state index in [0.717, 1.165) is 0 Å². The molecule has 3 nitrogen and oxygen atoms in total. The molecule has 0 aromatic carbocycles. The molecule has 0 aromatic rings. The number of hydrogen-bond donors (Lipinski definition) is 0. The highest BCUT2D eigenvalue weighted by Gasteiger charge is 2.43. The first-order valence-electron chi connectivity index (χ1n) is 5.41. The third kappa shape index (κ3) is 6.17. The van der Waals surface area contributed by atoms with E-state index in [1.54, 1.807) is 0 Å². The van der Waals surface area contributed by atoms with Crippen LogP contribution in [0.25, 0.3) is 0 Å². The maximum atomic E-state index is 12.0. The van der Waals surface area contributed by atoms with Crippen molar-refractivity contribution in [3.8, 4) is 18.4 Å². The molecule has 0 spiro atoms. The van der Waals surface area contributed by atoms with E-state index in [2.05, 4.69) is 5.92 Å². The molecule has 0 bridgehead atoms. The number of nitrogens with zero attached hydrogens (tertiary/aromatic N) is 1. The van der Waals surface area contributed by atoms with E-state index >= 15 is 0 Å². The lowest BCUT2D eigenvalue weighted by Crippen LogP contribution is -2.34. The highest BCUT2D eigenvalue weighted by molar-refractivity contribution is 7.94. The number of unbranched alkanes of at least 4 members (excludes halogenated alkanes) is 2. The van der Waals surface area contributed by atoms with Gasteiger partial charge in [-0.15, -0.1) is 12.3 Å². The molecule has 0 aliphatic carbocycles. The van der Waals surface area contributed by atoms with Crippen LogP contribution in [0.5, 0.6) is 0 Å². The van der Waals surface area contributed by atoms with E-state index in [9.17, 15) is 21.6 Å². The van der Waals surface area contributed by atoms with Gasteiger partial charge in [-0.2, -0.15) is 18.4 Å². The third-order valence-electron chi connectivity index (χ3n) is 2.38. The Morgan fingerprint density at radius 1 is 1.21 bits per heavy atom. The summed E-state index contributed by atoms with van der Waals surface area (Å²) in [5, 5.41) is 8.82. The zero-order valence-corrected chi connectivity index (χ0v) is 11.6. The van der Waals surface area contributed by atoms with Gasteiger partial charge in [0.2, 0.25) is 4.21 Å². The number of terminal acetylenes is 1. The summed E-state index contributed by atoms with van der Waals surface area (Å²) in [6.07, 6.45) is -0.261. The first kappa shape index (κ1) is 18.1. The number of halogens is 4. The zero-order chi connectivity index (χ0) is 15.2. The quantitative estimate of drug-likeness (QED) is 0.412. The molecule has 19 heavy (non-hydrogen) atoms. The highest BCUT2D eigenvalue weighted by atomic mass is 35.5. The van der Waals surface area contributed by atoms with Gasteiger partial charge in [-0.25, -0.2) is 8.42 Å². The Balaban J connectivity index is 4.73. The molecule has 0 radical (unpaired) electrons. The second-order valence-corrected chi connectivity index (χ2v) is 7.14. The van der Waals surface area contributed by atoms with Gasteiger partial charge in [-0.3, -0.25) is 0 Å². The van der Waals surface area contributed by atoms with Gasteiger partial charge >= 0.3 is 6.18 Å². The third-order valence-corrected chi connectivity index (χ3v) is 5.39. The Bertz CT molecular complexity index is 476. The van der Waals surface area contributed by atoms with Crippen LogP contribution in [0.1, 0.15) is 32.1 Å². The molecule has 1 unspecified atom stereocenters. The van der Waals surface area contributed by atoms with Gasteiger partial charge in [0, 0.05) is 6.42 Å². The van der Waals surface area contributed by atoms with Crippen molar-refractivity contribution in [1.82, 2.24) is 0 Å². The van der Waals surface area contributed by atoms with Crippen LogP contribution < -0.4 is 0 Å². The van der Waals surface area contributed by atoms with Crippen molar-refractivity contribution in [2.45, 2.75) is 42.5 Å². The summed E-state index contributed by atoms with van der Waals surface area (Å²) in [6.45, 7) is 0. The van der Waals surface area contributed by atoms with Crippen molar-refractivity contribution >= 4 is 21.4 Å². The minimum Gasteiger partial charge on any atom is -0.226 e. The fourth-order valence-corrected chi connectivity index (χ4v) is 3.06. The van der Waals surface area contributed by atoms with Gasteiger partial charge in [0.05, 0.1) is 12.2 Å². The SMILES string of the molecule is C#CCCCCC(Cl)(C#N)S(=O)(=O)CCC(F)(F)F.